The Bertz CT molecular complexity index is 311. The maximum Gasteiger partial charge on any atom is 0.314 e. The van der Waals surface area contributed by atoms with E-state index < -0.39 is 55.1 Å². The molecule has 0 radical (unpaired) electrons. The van der Waals surface area contributed by atoms with E-state index in [2.05, 4.69) is 0 Å². The van der Waals surface area contributed by atoms with Gasteiger partial charge in [-0.3, -0.25) is 28.8 Å². The number of hydrogen-bond donors (Lipinski definition) is 6. The molecule has 0 aromatic heterocycles. The van der Waals surface area contributed by atoms with Gasteiger partial charge >= 0.3 is 35.8 Å². The summed E-state index contributed by atoms with van der Waals surface area (Å²) < 4.78 is 0. The summed E-state index contributed by atoms with van der Waals surface area (Å²) >= 11 is 0. The van der Waals surface area contributed by atoms with E-state index in [1.54, 1.807) is 0 Å². The highest BCUT2D eigenvalue weighted by Gasteiger charge is 2.02. The van der Waals surface area contributed by atoms with Crippen LogP contribution >= 0.6 is 0 Å². The molecule has 0 aliphatic carbocycles. The van der Waals surface area contributed by atoms with Gasteiger partial charge in [0.25, 0.3) is 0 Å². The van der Waals surface area contributed by atoms with E-state index in [0.717, 1.165) is 0 Å². The molecule has 0 spiro atoms. The quantitative estimate of drug-likeness (QED) is 0.312. The van der Waals surface area contributed by atoms with Crippen molar-refractivity contribution in [3.63, 3.8) is 0 Å². The van der Waals surface area contributed by atoms with Gasteiger partial charge in [0, 0.05) is 0 Å². The van der Waals surface area contributed by atoms with Crippen molar-refractivity contribution in [2.75, 3.05) is 0 Å². The number of carboxylic acids is 6. The Morgan fingerprint density at radius 1 is 0.381 bits per heavy atom. The van der Waals surface area contributed by atoms with Crippen LogP contribution in [0.25, 0.3) is 0 Å². The first kappa shape index (κ1) is 23.0. The van der Waals surface area contributed by atoms with Crippen LogP contribution < -0.4 is 0 Å². The Balaban J connectivity index is -0.000000231. The molecule has 0 atom stereocenters. The van der Waals surface area contributed by atoms with Crippen molar-refractivity contribution in [3.05, 3.63) is 0 Å². The van der Waals surface area contributed by atoms with E-state index in [1.165, 1.54) is 0 Å². The van der Waals surface area contributed by atoms with Gasteiger partial charge in [-0.05, 0) is 0 Å². The van der Waals surface area contributed by atoms with E-state index in [4.69, 9.17) is 30.6 Å². The van der Waals surface area contributed by atoms with Gasteiger partial charge in [-0.15, -0.1) is 0 Å². The summed E-state index contributed by atoms with van der Waals surface area (Å²) in [5, 5.41) is 46.2. The molecule has 0 amide bonds. The molecular formula is C9H12O12. The molecule has 0 bridgehead atoms. The number of hydrogen-bond acceptors (Lipinski definition) is 6. The molecule has 0 heterocycles. The Labute approximate surface area is 115 Å². The normalized spacial score (nSPS) is 8.00. The van der Waals surface area contributed by atoms with Gasteiger partial charge in [0.15, 0.2) is 0 Å². The highest BCUT2D eigenvalue weighted by atomic mass is 16.4. The monoisotopic (exact) mass is 312 g/mol. The third-order valence-corrected chi connectivity index (χ3v) is 0.907. The zero-order valence-corrected chi connectivity index (χ0v) is 10.3. The summed E-state index contributed by atoms with van der Waals surface area (Å²) in [4.78, 5) is 56.6. The highest BCUT2D eigenvalue weighted by molar-refractivity contribution is 5.89. The summed E-state index contributed by atoms with van der Waals surface area (Å²) in [6, 6.07) is 0. The van der Waals surface area contributed by atoms with Gasteiger partial charge in [0.1, 0.15) is 19.3 Å². The van der Waals surface area contributed by atoms with Gasteiger partial charge in [-0.1, -0.05) is 0 Å². The van der Waals surface area contributed by atoms with Crippen LogP contribution in [0.5, 0.6) is 0 Å². The second kappa shape index (κ2) is 13.3. The molecule has 6 N–H and O–H groups in total. The molecule has 0 aliphatic heterocycles. The smallest absolute Gasteiger partial charge is 0.314 e. The van der Waals surface area contributed by atoms with Crippen LogP contribution in [-0.2, 0) is 28.8 Å². The van der Waals surface area contributed by atoms with Crippen LogP contribution in [-0.4, -0.2) is 66.5 Å². The van der Waals surface area contributed by atoms with Crippen molar-refractivity contribution >= 4 is 35.8 Å². The average Bonchev–Trinajstić information content (AvgIpc) is 2.10. The lowest BCUT2D eigenvalue weighted by Gasteiger charge is -1.80. The molecule has 12 heteroatoms. The van der Waals surface area contributed by atoms with Crippen molar-refractivity contribution in [3.8, 4) is 0 Å². The second-order valence-electron chi connectivity index (χ2n) is 2.89. The van der Waals surface area contributed by atoms with Crippen LogP contribution in [0, 0.1) is 0 Å². The molecule has 0 aliphatic rings. The molecule has 0 saturated carbocycles. The van der Waals surface area contributed by atoms with Gasteiger partial charge in [-0.25, -0.2) is 0 Å². The highest BCUT2D eigenvalue weighted by Crippen LogP contribution is 1.75. The van der Waals surface area contributed by atoms with Crippen LogP contribution in [0.3, 0.4) is 0 Å². The van der Waals surface area contributed by atoms with Gasteiger partial charge in [0.05, 0.1) is 0 Å². The molecular weight excluding hydrogens is 300 g/mol. The Morgan fingerprint density at radius 3 is 0.476 bits per heavy atom. The van der Waals surface area contributed by atoms with E-state index in [-0.39, 0.29) is 0 Å². The van der Waals surface area contributed by atoms with E-state index in [9.17, 15) is 28.8 Å². The van der Waals surface area contributed by atoms with E-state index in [1.807, 2.05) is 0 Å². The molecule has 0 saturated heterocycles. The van der Waals surface area contributed by atoms with Crippen molar-refractivity contribution in [2.45, 2.75) is 19.3 Å². The lowest BCUT2D eigenvalue weighted by molar-refractivity contribution is -0.149. The molecule has 0 aromatic rings. The standard InChI is InChI=1S/3C3H4O4/c3*4-2(5)1-3(6)7/h3*1H2,(H,4,5)(H,6,7). The third kappa shape index (κ3) is 47.5. The van der Waals surface area contributed by atoms with Gasteiger partial charge in [0.2, 0.25) is 0 Å². The van der Waals surface area contributed by atoms with Crippen molar-refractivity contribution in [1.82, 2.24) is 0 Å². The molecule has 0 unspecified atom stereocenters. The van der Waals surface area contributed by atoms with Crippen LogP contribution in [0.1, 0.15) is 19.3 Å². The molecule has 12 nitrogen and oxygen atoms in total. The largest absolute Gasteiger partial charge is 0.481 e. The Hall–Kier alpha value is -3.18. The predicted molar refractivity (Wildman–Crippen MR) is 59.7 cm³/mol. The van der Waals surface area contributed by atoms with Crippen molar-refractivity contribution < 1.29 is 59.4 Å². The SMILES string of the molecule is O=C(O)CC(=O)O.O=C(O)CC(=O)O.O=C(O)CC(=O)O. The zero-order chi connectivity index (χ0) is 17.6. The van der Waals surface area contributed by atoms with Crippen LogP contribution in [0.4, 0.5) is 0 Å². The topological polar surface area (TPSA) is 224 Å². The molecule has 0 fully saturated rings. The first-order chi connectivity index (χ1) is 9.38. The summed E-state index contributed by atoms with van der Waals surface area (Å²) in [5.74, 6) is -7.88. The maximum atomic E-state index is 9.43. The van der Waals surface area contributed by atoms with E-state index in [0.29, 0.717) is 0 Å². The Kier molecular flexibility index (Phi) is 14.5. The third-order valence-electron chi connectivity index (χ3n) is 0.907. The lowest BCUT2D eigenvalue weighted by atomic mass is 10.5. The second-order valence-corrected chi connectivity index (χ2v) is 2.89. The number of carbonyl (C=O) groups is 6. The molecule has 21 heavy (non-hydrogen) atoms. The first-order valence-corrected chi connectivity index (χ1v) is 4.69. The van der Waals surface area contributed by atoms with Crippen LogP contribution in [0.15, 0.2) is 0 Å². The lowest BCUT2D eigenvalue weighted by Crippen LogP contribution is -2.03. The summed E-state index contributed by atoms with van der Waals surface area (Å²) in [6.45, 7) is 0. The molecule has 0 aromatic carbocycles. The van der Waals surface area contributed by atoms with Crippen LogP contribution in [0.2, 0.25) is 0 Å². The zero-order valence-electron chi connectivity index (χ0n) is 10.3. The first-order valence-electron chi connectivity index (χ1n) is 4.69. The average molecular weight is 312 g/mol. The van der Waals surface area contributed by atoms with Crippen molar-refractivity contribution in [2.24, 2.45) is 0 Å². The fourth-order valence-corrected chi connectivity index (χ4v) is 0.388. The van der Waals surface area contributed by atoms with Gasteiger partial charge < -0.3 is 30.6 Å². The summed E-state index contributed by atoms with van der Waals surface area (Å²) in [6.07, 6.45) is -2.42. The number of aliphatic carboxylic acids is 6. The fraction of sp³-hybridized carbons (Fsp3) is 0.333. The number of carboxylic acid groups (broad SMARTS) is 6. The number of rotatable bonds is 6. The summed E-state index contributed by atoms with van der Waals surface area (Å²) in [5.41, 5.74) is 0. The van der Waals surface area contributed by atoms with E-state index >= 15 is 0 Å². The molecule has 0 rings (SSSR count). The predicted octanol–water partition coefficient (Wildman–Crippen LogP) is -1.36. The fourth-order valence-electron chi connectivity index (χ4n) is 0.388. The Morgan fingerprint density at radius 2 is 0.476 bits per heavy atom. The summed E-state index contributed by atoms with van der Waals surface area (Å²) in [7, 11) is 0. The maximum absolute atomic E-state index is 9.43. The minimum absolute atomic E-state index is 0.806. The van der Waals surface area contributed by atoms with Crippen molar-refractivity contribution in [1.29, 1.82) is 0 Å². The van der Waals surface area contributed by atoms with Gasteiger partial charge in [-0.2, -0.15) is 0 Å². The minimum Gasteiger partial charge on any atom is -0.481 e. The minimum atomic E-state index is -1.31. The molecule has 120 valence electrons.